The number of urea groups is 1. The van der Waals surface area contributed by atoms with E-state index < -0.39 is 5.97 Å². The number of methoxy groups -OCH3 is 1. The van der Waals surface area contributed by atoms with Crippen LogP contribution in [0.5, 0.6) is 5.75 Å². The van der Waals surface area contributed by atoms with Gasteiger partial charge in [0, 0.05) is 13.1 Å². The van der Waals surface area contributed by atoms with Gasteiger partial charge in [-0.3, -0.25) is 0 Å². The van der Waals surface area contributed by atoms with Gasteiger partial charge in [-0.15, -0.1) is 0 Å². The Morgan fingerprint density at radius 1 is 1.50 bits per heavy atom. The summed E-state index contributed by atoms with van der Waals surface area (Å²) >= 11 is 0. The fourth-order valence-electron chi connectivity index (χ4n) is 1.89. The van der Waals surface area contributed by atoms with Gasteiger partial charge in [-0.2, -0.15) is 0 Å². The summed E-state index contributed by atoms with van der Waals surface area (Å²) in [4.78, 5) is 24.7. The first-order chi connectivity index (χ1) is 9.61. The Kier molecular flexibility index (Phi) is 4.29. The highest BCUT2D eigenvalue weighted by atomic mass is 16.5. The smallest absolute Gasteiger partial charge is 0.338 e. The summed E-state index contributed by atoms with van der Waals surface area (Å²) in [6.45, 7) is 1.79. The Morgan fingerprint density at radius 2 is 2.30 bits per heavy atom. The second kappa shape index (κ2) is 6.14. The number of nitrogens with one attached hydrogen (secondary N) is 1. The second-order valence-electron chi connectivity index (χ2n) is 4.31. The van der Waals surface area contributed by atoms with Gasteiger partial charge in [0.2, 0.25) is 0 Å². The van der Waals surface area contributed by atoms with Crippen LogP contribution in [0.25, 0.3) is 0 Å². The standard InChI is InChI=1S/C13H17N3O4/c1-19-11-8-9(2-3-10(11)14)12(17)20-7-6-16-5-4-15-13(16)18/h2-3,8H,4-7,14H2,1H3,(H,15,18). The van der Waals surface area contributed by atoms with E-state index in [0.717, 1.165) is 0 Å². The molecule has 2 rings (SSSR count). The van der Waals surface area contributed by atoms with Crippen LogP contribution in [0.2, 0.25) is 0 Å². The van der Waals surface area contributed by atoms with Crippen LogP contribution in [-0.4, -0.2) is 50.3 Å². The van der Waals surface area contributed by atoms with Crippen molar-refractivity contribution in [3.63, 3.8) is 0 Å². The predicted molar refractivity (Wildman–Crippen MR) is 72.7 cm³/mol. The van der Waals surface area contributed by atoms with E-state index in [1.165, 1.54) is 13.2 Å². The number of nitrogen functional groups attached to an aromatic ring is 1. The number of carbonyl (C=O) groups excluding carboxylic acids is 2. The highest BCUT2D eigenvalue weighted by Gasteiger charge is 2.19. The Hall–Kier alpha value is -2.44. The average Bonchev–Trinajstić information content (AvgIpc) is 2.85. The van der Waals surface area contributed by atoms with Gasteiger partial charge in [-0.25, -0.2) is 9.59 Å². The molecular weight excluding hydrogens is 262 g/mol. The van der Waals surface area contributed by atoms with E-state index in [1.807, 2.05) is 0 Å². The summed E-state index contributed by atoms with van der Waals surface area (Å²) in [6.07, 6.45) is 0. The molecule has 3 N–H and O–H groups in total. The molecule has 108 valence electrons. The molecule has 1 aromatic carbocycles. The largest absolute Gasteiger partial charge is 0.495 e. The van der Waals surface area contributed by atoms with E-state index in [1.54, 1.807) is 17.0 Å². The first-order valence-corrected chi connectivity index (χ1v) is 6.25. The SMILES string of the molecule is COc1cc(C(=O)OCCN2CCNC2=O)ccc1N. The number of hydrogen-bond acceptors (Lipinski definition) is 5. The first-order valence-electron chi connectivity index (χ1n) is 6.25. The van der Waals surface area contributed by atoms with Crippen molar-refractivity contribution in [2.75, 3.05) is 39.1 Å². The van der Waals surface area contributed by atoms with Crippen molar-refractivity contribution in [2.45, 2.75) is 0 Å². The lowest BCUT2D eigenvalue weighted by atomic mass is 10.2. The summed E-state index contributed by atoms with van der Waals surface area (Å²) in [6, 6.07) is 4.56. The molecule has 0 radical (unpaired) electrons. The van der Waals surface area contributed by atoms with E-state index in [4.69, 9.17) is 15.2 Å². The molecule has 20 heavy (non-hydrogen) atoms. The molecule has 1 fully saturated rings. The number of nitrogens with two attached hydrogens (primary N) is 1. The lowest BCUT2D eigenvalue weighted by Crippen LogP contribution is -2.31. The van der Waals surface area contributed by atoms with Crippen molar-refractivity contribution < 1.29 is 19.1 Å². The summed E-state index contributed by atoms with van der Waals surface area (Å²) in [5, 5.41) is 2.68. The molecule has 7 nitrogen and oxygen atoms in total. The minimum Gasteiger partial charge on any atom is -0.495 e. The average molecular weight is 279 g/mol. The van der Waals surface area contributed by atoms with Crippen LogP contribution in [0, 0.1) is 0 Å². The molecule has 1 aliphatic rings. The molecule has 1 aromatic rings. The van der Waals surface area contributed by atoms with Gasteiger partial charge in [0.05, 0.1) is 24.9 Å². The van der Waals surface area contributed by atoms with Crippen molar-refractivity contribution in [3.05, 3.63) is 23.8 Å². The van der Waals surface area contributed by atoms with Gasteiger partial charge >= 0.3 is 12.0 Å². The number of carbonyl (C=O) groups is 2. The fraction of sp³-hybridized carbons (Fsp3) is 0.385. The number of rotatable bonds is 5. The third kappa shape index (κ3) is 3.11. The second-order valence-corrected chi connectivity index (χ2v) is 4.31. The number of nitrogens with zero attached hydrogens (tertiary/aromatic N) is 1. The molecule has 0 saturated carbocycles. The molecule has 0 unspecified atom stereocenters. The zero-order chi connectivity index (χ0) is 14.5. The highest BCUT2D eigenvalue weighted by Crippen LogP contribution is 2.22. The minimum atomic E-state index is -0.470. The summed E-state index contributed by atoms with van der Waals surface area (Å²) < 4.78 is 10.2. The maximum atomic E-state index is 11.8. The molecule has 0 bridgehead atoms. The summed E-state index contributed by atoms with van der Waals surface area (Å²) in [5.74, 6) is -0.0405. The molecule has 1 heterocycles. The van der Waals surface area contributed by atoms with E-state index in [9.17, 15) is 9.59 Å². The maximum Gasteiger partial charge on any atom is 0.338 e. The quantitative estimate of drug-likeness (QED) is 0.603. The highest BCUT2D eigenvalue weighted by molar-refractivity contribution is 5.90. The monoisotopic (exact) mass is 279 g/mol. The van der Waals surface area contributed by atoms with Crippen LogP contribution in [-0.2, 0) is 4.74 Å². The van der Waals surface area contributed by atoms with Crippen LogP contribution in [0.4, 0.5) is 10.5 Å². The lowest BCUT2D eigenvalue weighted by molar-refractivity contribution is 0.0481. The maximum absolute atomic E-state index is 11.8. The molecule has 0 atom stereocenters. The van der Waals surface area contributed by atoms with Gasteiger partial charge in [-0.05, 0) is 18.2 Å². The predicted octanol–water partition coefficient (Wildman–Crippen LogP) is 0.459. The Balaban J connectivity index is 1.87. The minimum absolute atomic E-state index is 0.129. The zero-order valence-electron chi connectivity index (χ0n) is 11.2. The summed E-state index contributed by atoms with van der Waals surface area (Å²) in [7, 11) is 1.48. The van der Waals surface area contributed by atoms with Crippen molar-refractivity contribution in [2.24, 2.45) is 0 Å². The third-order valence-corrected chi connectivity index (χ3v) is 3.01. The van der Waals surface area contributed by atoms with Gasteiger partial charge in [0.15, 0.2) is 0 Å². The Morgan fingerprint density at radius 3 is 2.95 bits per heavy atom. The Bertz CT molecular complexity index is 518. The van der Waals surface area contributed by atoms with Crippen molar-refractivity contribution in [1.82, 2.24) is 10.2 Å². The normalized spacial score (nSPS) is 14.1. The van der Waals surface area contributed by atoms with Crippen molar-refractivity contribution >= 4 is 17.7 Å². The van der Waals surface area contributed by atoms with E-state index in [2.05, 4.69) is 5.32 Å². The van der Waals surface area contributed by atoms with E-state index in [-0.39, 0.29) is 12.6 Å². The summed E-state index contributed by atoms with van der Waals surface area (Å²) in [5.41, 5.74) is 6.49. The molecule has 0 aliphatic carbocycles. The van der Waals surface area contributed by atoms with Crippen LogP contribution in [0.15, 0.2) is 18.2 Å². The van der Waals surface area contributed by atoms with Crippen LogP contribution >= 0.6 is 0 Å². The van der Waals surface area contributed by atoms with Gasteiger partial charge < -0.3 is 25.4 Å². The van der Waals surface area contributed by atoms with Crippen LogP contribution in [0.1, 0.15) is 10.4 Å². The number of benzene rings is 1. The molecule has 0 spiro atoms. The molecule has 7 heteroatoms. The van der Waals surface area contributed by atoms with Crippen LogP contribution < -0.4 is 15.8 Å². The Labute approximate surface area is 116 Å². The lowest BCUT2D eigenvalue weighted by Gasteiger charge is -2.14. The molecule has 2 amide bonds. The molecule has 1 saturated heterocycles. The van der Waals surface area contributed by atoms with E-state index in [0.29, 0.717) is 36.6 Å². The van der Waals surface area contributed by atoms with E-state index >= 15 is 0 Å². The topological polar surface area (TPSA) is 93.9 Å². The van der Waals surface area contributed by atoms with Crippen LogP contribution in [0.3, 0.4) is 0 Å². The number of anilines is 1. The van der Waals surface area contributed by atoms with Gasteiger partial charge in [-0.1, -0.05) is 0 Å². The number of hydrogen-bond donors (Lipinski definition) is 2. The zero-order valence-corrected chi connectivity index (χ0v) is 11.2. The number of ether oxygens (including phenoxy) is 2. The van der Waals surface area contributed by atoms with Gasteiger partial charge in [0.25, 0.3) is 0 Å². The first kappa shape index (κ1) is 14.0. The number of esters is 1. The molecule has 1 aliphatic heterocycles. The molecular formula is C13H17N3O4. The number of amides is 2. The fourth-order valence-corrected chi connectivity index (χ4v) is 1.89. The van der Waals surface area contributed by atoms with Crippen molar-refractivity contribution in [1.29, 1.82) is 0 Å². The van der Waals surface area contributed by atoms with Crippen molar-refractivity contribution in [3.8, 4) is 5.75 Å². The van der Waals surface area contributed by atoms with Gasteiger partial charge in [0.1, 0.15) is 12.4 Å². The molecule has 0 aromatic heterocycles. The third-order valence-electron chi connectivity index (χ3n) is 3.01.